The molecule has 4 rings (SSSR count). The molecule has 1 fully saturated rings. The zero-order chi connectivity index (χ0) is 23.8. The number of benzene rings is 2. The smallest absolute Gasteiger partial charge is 0.240 e. The van der Waals surface area contributed by atoms with Crippen LogP contribution in [0, 0.1) is 0 Å². The lowest BCUT2D eigenvalue weighted by Gasteiger charge is -2.28. The van der Waals surface area contributed by atoms with Gasteiger partial charge in [-0.2, -0.15) is 0 Å². The maximum atomic E-state index is 13.1. The summed E-state index contributed by atoms with van der Waals surface area (Å²) in [6.07, 6.45) is 4.83. The molecule has 0 bridgehead atoms. The second kappa shape index (κ2) is 11.6. The van der Waals surface area contributed by atoms with E-state index in [1.807, 2.05) is 83.8 Å². The topological polar surface area (TPSA) is 88.3 Å². The van der Waals surface area contributed by atoms with Gasteiger partial charge < -0.3 is 16.0 Å². The fraction of sp³-hybridized carbons (Fsp3) is 0.321. The van der Waals surface area contributed by atoms with E-state index in [0.29, 0.717) is 19.4 Å². The van der Waals surface area contributed by atoms with Crippen LogP contribution in [0.5, 0.6) is 0 Å². The molecule has 1 saturated heterocycles. The van der Waals surface area contributed by atoms with Gasteiger partial charge in [0.15, 0.2) is 0 Å². The highest BCUT2D eigenvalue weighted by Gasteiger charge is 2.33. The molecule has 2 amide bonds. The van der Waals surface area contributed by atoms with E-state index in [1.54, 1.807) is 6.20 Å². The van der Waals surface area contributed by atoms with E-state index in [2.05, 4.69) is 10.3 Å². The highest BCUT2D eigenvalue weighted by molar-refractivity contribution is 5.84. The third-order valence-corrected chi connectivity index (χ3v) is 6.37. The number of pyridine rings is 1. The van der Waals surface area contributed by atoms with E-state index in [4.69, 9.17) is 5.73 Å². The lowest BCUT2D eigenvalue weighted by Crippen LogP contribution is -2.48. The minimum atomic E-state index is -0.604. The van der Waals surface area contributed by atoms with Crippen LogP contribution in [0.1, 0.15) is 42.1 Å². The van der Waals surface area contributed by atoms with Gasteiger partial charge in [0.1, 0.15) is 0 Å². The summed E-state index contributed by atoms with van der Waals surface area (Å²) in [5, 5.41) is 3.19. The first kappa shape index (κ1) is 23.6. The molecular weight excluding hydrogens is 424 g/mol. The van der Waals surface area contributed by atoms with Gasteiger partial charge in [-0.25, -0.2) is 0 Å². The fourth-order valence-corrected chi connectivity index (χ4v) is 4.64. The number of hydrogen-bond donors (Lipinski definition) is 2. The number of aromatic nitrogens is 1. The zero-order valence-corrected chi connectivity index (χ0v) is 19.3. The summed E-state index contributed by atoms with van der Waals surface area (Å²) in [7, 11) is 0. The third-order valence-electron chi connectivity index (χ3n) is 6.37. The van der Waals surface area contributed by atoms with Crippen LogP contribution in [0.15, 0.2) is 85.1 Å². The molecule has 0 saturated carbocycles. The molecule has 1 aromatic heterocycles. The number of rotatable bonds is 9. The second-order valence-electron chi connectivity index (χ2n) is 8.88. The van der Waals surface area contributed by atoms with Crippen LogP contribution in [0.25, 0.3) is 0 Å². The van der Waals surface area contributed by atoms with E-state index >= 15 is 0 Å². The normalized spacial score (nSPS) is 17.2. The van der Waals surface area contributed by atoms with Crippen molar-refractivity contribution < 1.29 is 9.59 Å². The van der Waals surface area contributed by atoms with Gasteiger partial charge in [-0.3, -0.25) is 14.6 Å². The monoisotopic (exact) mass is 456 g/mol. The maximum absolute atomic E-state index is 13.1. The summed E-state index contributed by atoms with van der Waals surface area (Å²) in [6.45, 7) is 0.648. The summed E-state index contributed by atoms with van der Waals surface area (Å²) in [5.74, 6) is -0.140. The SMILES string of the molecule is N[C@@H](Cc1ccccc1)C(=O)N1CCC[C@H]1CC(=O)N[C@@H](Cc1ccccn1)c1ccccc1. The van der Waals surface area contributed by atoms with Crippen molar-refractivity contribution in [1.82, 2.24) is 15.2 Å². The number of hydrogen-bond acceptors (Lipinski definition) is 4. The summed E-state index contributed by atoms with van der Waals surface area (Å²) in [5.41, 5.74) is 9.26. The average molecular weight is 457 g/mol. The number of carbonyl (C=O) groups is 2. The molecule has 2 heterocycles. The number of likely N-dealkylation sites (tertiary alicyclic amines) is 1. The molecule has 1 aliphatic rings. The Bertz CT molecular complexity index is 1060. The quantitative estimate of drug-likeness (QED) is 0.516. The Morgan fingerprint density at radius 3 is 2.38 bits per heavy atom. The maximum Gasteiger partial charge on any atom is 0.240 e. The fourth-order valence-electron chi connectivity index (χ4n) is 4.64. The average Bonchev–Trinajstić information content (AvgIpc) is 3.32. The summed E-state index contributed by atoms with van der Waals surface area (Å²) in [6, 6.07) is 24.6. The van der Waals surface area contributed by atoms with E-state index < -0.39 is 6.04 Å². The van der Waals surface area contributed by atoms with Crippen LogP contribution in [-0.2, 0) is 22.4 Å². The van der Waals surface area contributed by atoms with Gasteiger partial charge in [0.2, 0.25) is 11.8 Å². The van der Waals surface area contributed by atoms with Crippen molar-refractivity contribution in [2.45, 2.75) is 50.2 Å². The van der Waals surface area contributed by atoms with Gasteiger partial charge in [0.25, 0.3) is 0 Å². The third kappa shape index (κ3) is 6.29. The highest BCUT2D eigenvalue weighted by atomic mass is 16.2. The molecule has 0 spiro atoms. The van der Waals surface area contributed by atoms with Crippen molar-refractivity contribution >= 4 is 11.8 Å². The number of nitrogens with zero attached hydrogens (tertiary/aromatic N) is 2. The molecule has 34 heavy (non-hydrogen) atoms. The molecule has 6 nitrogen and oxygen atoms in total. The second-order valence-corrected chi connectivity index (χ2v) is 8.88. The number of nitrogens with one attached hydrogen (secondary N) is 1. The van der Waals surface area contributed by atoms with Gasteiger partial charge in [0, 0.05) is 37.3 Å². The summed E-state index contributed by atoms with van der Waals surface area (Å²) in [4.78, 5) is 32.4. The Hall–Kier alpha value is -3.51. The first-order valence-electron chi connectivity index (χ1n) is 11.9. The summed E-state index contributed by atoms with van der Waals surface area (Å²) >= 11 is 0. The molecular formula is C28H32N4O2. The highest BCUT2D eigenvalue weighted by Crippen LogP contribution is 2.23. The van der Waals surface area contributed by atoms with Crippen LogP contribution in [-0.4, -0.2) is 40.3 Å². The van der Waals surface area contributed by atoms with E-state index in [0.717, 1.165) is 29.7 Å². The molecule has 1 aliphatic heterocycles. The Morgan fingerprint density at radius 2 is 1.68 bits per heavy atom. The predicted octanol–water partition coefficient (Wildman–Crippen LogP) is 3.43. The molecule has 0 unspecified atom stereocenters. The van der Waals surface area contributed by atoms with Gasteiger partial charge in [-0.15, -0.1) is 0 Å². The molecule has 3 N–H and O–H groups in total. The molecule has 6 heteroatoms. The molecule has 3 aromatic rings. The Labute approximate surface area is 201 Å². The Balaban J connectivity index is 1.39. The molecule has 176 valence electrons. The van der Waals surface area contributed by atoms with Gasteiger partial charge in [0.05, 0.1) is 12.1 Å². The van der Waals surface area contributed by atoms with E-state index in [-0.39, 0.29) is 30.3 Å². The molecule has 0 radical (unpaired) electrons. The number of carbonyl (C=O) groups excluding carboxylic acids is 2. The van der Waals surface area contributed by atoms with Gasteiger partial charge in [-0.1, -0.05) is 66.7 Å². The Morgan fingerprint density at radius 1 is 0.971 bits per heavy atom. The first-order valence-corrected chi connectivity index (χ1v) is 11.9. The van der Waals surface area contributed by atoms with Crippen LogP contribution >= 0.6 is 0 Å². The largest absolute Gasteiger partial charge is 0.349 e. The molecule has 0 aliphatic carbocycles. The first-order chi connectivity index (χ1) is 16.6. The Kier molecular flexibility index (Phi) is 8.04. The number of amides is 2. The van der Waals surface area contributed by atoms with E-state index in [1.165, 1.54) is 0 Å². The molecule has 2 aromatic carbocycles. The van der Waals surface area contributed by atoms with Crippen LogP contribution < -0.4 is 11.1 Å². The lowest BCUT2D eigenvalue weighted by atomic mass is 10.0. The van der Waals surface area contributed by atoms with E-state index in [9.17, 15) is 9.59 Å². The van der Waals surface area contributed by atoms with Crippen LogP contribution in [0.3, 0.4) is 0 Å². The minimum Gasteiger partial charge on any atom is -0.349 e. The van der Waals surface area contributed by atoms with Crippen molar-refractivity contribution in [3.63, 3.8) is 0 Å². The number of nitrogens with two attached hydrogens (primary N) is 1. The predicted molar refractivity (Wildman–Crippen MR) is 133 cm³/mol. The van der Waals surface area contributed by atoms with Crippen LogP contribution in [0.2, 0.25) is 0 Å². The lowest BCUT2D eigenvalue weighted by molar-refractivity contribution is -0.134. The minimum absolute atomic E-state index is 0.0638. The van der Waals surface area contributed by atoms with Gasteiger partial charge in [-0.05, 0) is 42.5 Å². The van der Waals surface area contributed by atoms with Crippen molar-refractivity contribution in [3.05, 3.63) is 102 Å². The van der Waals surface area contributed by atoms with Crippen molar-refractivity contribution in [2.75, 3.05) is 6.54 Å². The van der Waals surface area contributed by atoms with Gasteiger partial charge >= 0.3 is 0 Å². The van der Waals surface area contributed by atoms with Crippen molar-refractivity contribution in [3.8, 4) is 0 Å². The van der Waals surface area contributed by atoms with Crippen LogP contribution in [0.4, 0.5) is 0 Å². The van der Waals surface area contributed by atoms with Crippen molar-refractivity contribution in [2.24, 2.45) is 5.73 Å². The van der Waals surface area contributed by atoms with Crippen molar-refractivity contribution in [1.29, 1.82) is 0 Å². The molecule has 3 atom stereocenters. The zero-order valence-electron chi connectivity index (χ0n) is 19.3. The summed E-state index contributed by atoms with van der Waals surface area (Å²) < 4.78 is 0. The standard InChI is InChI=1S/C28H32N4O2/c29-25(18-21-10-3-1-4-11-21)28(34)32-17-9-15-24(32)20-27(33)31-26(22-12-5-2-6-13-22)19-23-14-7-8-16-30-23/h1-8,10-14,16,24-26H,9,15,17-20,29H2,(H,31,33)/t24-,25-,26-/m0/s1.